The molecule has 0 aliphatic carbocycles. The minimum atomic E-state index is -0.101. The standard InChI is InChI=1S/C17H18N4/c1-13-7-15(10-19-9-13)21-12-20-11-17(21)16(18)8-14-5-3-2-4-6-14/h2-7,9-12,16H,8,18H2,1H3/t16-/m1/s1. The topological polar surface area (TPSA) is 56.7 Å². The molecule has 2 heterocycles. The first kappa shape index (κ1) is 13.5. The van der Waals surface area contributed by atoms with Crippen molar-refractivity contribution in [2.45, 2.75) is 19.4 Å². The summed E-state index contributed by atoms with van der Waals surface area (Å²) < 4.78 is 2.01. The number of rotatable bonds is 4. The maximum absolute atomic E-state index is 6.37. The van der Waals surface area contributed by atoms with Gasteiger partial charge in [0.2, 0.25) is 0 Å². The lowest BCUT2D eigenvalue weighted by molar-refractivity contribution is 0.678. The minimum absolute atomic E-state index is 0.101. The second-order valence-electron chi connectivity index (χ2n) is 5.21. The van der Waals surface area contributed by atoms with Gasteiger partial charge in [0.05, 0.1) is 36.1 Å². The van der Waals surface area contributed by atoms with Crippen molar-refractivity contribution in [1.82, 2.24) is 14.5 Å². The van der Waals surface area contributed by atoms with E-state index in [0.717, 1.165) is 23.4 Å². The van der Waals surface area contributed by atoms with E-state index in [1.54, 1.807) is 6.33 Å². The molecule has 1 aromatic carbocycles. The van der Waals surface area contributed by atoms with Crippen molar-refractivity contribution in [2.24, 2.45) is 5.73 Å². The van der Waals surface area contributed by atoms with Gasteiger partial charge in [0, 0.05) is 6.20 Å². The summed E-state index contributed by atoms with van der Waals surface area (Å²) in [7, 11) is 0. The molecule has 0 spiro atoms. The molecule has 0 saturated carbocycles. The fraction of sp³-hybridized carbons (Fsp3) is 0.176. The highest BCUT2D eigenvalue weighted by molar-refractivity contribution is 5.34. The largest absolute Gasteiger partial charge is 0.322 e. The molecule has 0 amide bonds. The Labute approximate surface area is 124 Å². The second kappa shape index (κ2) is 5.89. The van der Waals surface area contributed by atoms with E-state index >= 15 is 0 Å². The van der Waals surface area contributed by atoms with E-state index in [-0.39, 0.29) is 6.04 Å². The lowest BCUT2D eigenvalue weighted by Gasteiger charge is -2.15. The van der Waals surface area contributed by atoms with Gasteiger partial charge >= 0.3 is 0 Å². The molecule has 0 aliphatic heterocycles. The number of benzene rings is 1. The molecule has 4 nitrogen and oxygen atoms in total. The summed E-state index contributed by atoms with van der Waals surface area (Å²) in [6, 6.07) is 12.2. The average molecular weight is 278 g/mol. The summed E-state index contributed by atoms with van der Waals surface area (Å²) in [5, 5.41) is 0. The summed E-state index contributed by atoms with van der Waals surface area (Å²) in [6.45, 7) is 2.02. The van der Waals surface area contributed by atoms with E-state index in [2.05, 4.69) is 28.2 Å². The van der Waals surface area contributed by atoms with Crippen molar-refractivity contribution >= 4 is 0 Å². The van der Waals surface area contributed by atoms with Gasteiger partial charge in [-0.25, -0.2) is 4.98 Å². The van der Waals surface area contributed by atoms with Crippen LogP contribution in [0.15, 0.2) is 61.3 Å². The van der Waals surface area contributed by atoms with E-state index in [4.69, 9.17) is 5.73 Å². The maximum Gasteiger partial charge on any atom is 0.0995 e. The third-order valence-electron chi connectivity index (χ3n) is 3.48. The Morgan fingerprint density at radius 2 is 1.90 bits per heavy atom. The van der Waals surface area contributed by atoms with Crippen LogP contribution in [0.4, 0.5) is 0 Å². The number of hydrogen-bond acceptors (Lipinski definition) is 3. The summed E-state index contributed by atoms with van der Waals surface area (Å²) in [5.74, 6) is 0. The van der Waals surface area contributed by atoms with E-state index in [9.17, 15) is 0 Å². The molecular weight excluding hydrogens is 260 g/mol. The Morgan fingerprint density at radius 1 is 1.10 bits per heavy atom. The van der Waals surface area contributed by atoms with Gasteiger partial charge in [-0.05, 0) is 30.5 Å². The van der Waals surface area contributed by atoms with Crippen LogP contribution in [0.3, 0.4) is 0 Å². The highest BCUT2D eigenvalue weighted by Crippen LogP contribution is 2.19. The molecule has 106 valence electrons. The smallest absolute Gasteiger partial charge is 0.0995 e. The number of pyridine rings is 1. The SMILES string of the molecule is Cc1cncc(-n2cncc2[C@H](N)Cc2ccccc2)c1. The zero-order chi connectivity index (χ0) is 14.7. The number of aromatic nitrogens is 3. The van der Waals surface area contributed by atoms with Crippen molar-refractivity contribution in [2.75, 3.05) is 0 Å². The summed E-state index contributed by atoms with van der Waals surface area (Å²) >= 11 is 0. The van der Waals surface area contributed by atoms with Gasteiger partial charge in [0.1, 0.15) is 0 Å². The fourth-order valence-electron chi connectivity index (χ4n) is 2.44. The van der Waals surface area contributed by atoms with Gasteiger partial charge in [-0.2, -0.15) is 0 Å². The number of nitrogens with zero attached hydrogens (tertiary/aromatic N) is 3. The zero-order valence-corrected chi connectivity index (χ0v) is 12.0. The van der Waals surface area contributed by atoms with E-state index in [0.29, 0.717) is 0 Å². The highest BCUT2D eigenvalue weighted by atomic mass is 15.1. The lowest BCUT2D eigenvalue weighted by Crippen LogP contribution is -2.17. The van der Waals surface area contributed by atoms with E-state index in [1.165, 1.54) is 5.56 Å². The molecule has 0 bridgehead atoms. The average Bonchev–Trinajstić information content (AvgIpc) is 2.98. The molecule has 0 fully saturated rings. The van der Waals surface area contributed by atoms with Gasteiger partial charge < -0.3 is 10.3 Å². The van der Waals surface area contributed by atoms with Crippen molar-refractivity contribution < 1.29 is 0 Å². The van der Waals surface area contributed by atoms with Crippen LogP contribution in [-0.2, 0) is 6.42 Å². The molecule has 3 rings (SSSR count). The molecule has 21 heavy (non-hydrogen) atoms. The molecule has 2 aromatic heterocycles. The van der Waals surface area contributed by atoms with Crippen molar-refractivity contribution in [3.05, 3.63) is 78.1 Å². The van der Waals surface area contributed by atoms with E-state index in [1.807, 2.05) is 48.3 Å². The fourth-order valence-corrected chi connectivity index (χ4v) is 2.44. The predicted octanol–water partition coefficient (Wildman–Crippen LogP) is 2.82. The third-order valence-corrected chi connectivity index (χ3v) is 3.48. The monoisotopic (exact) mass is 278 g/mol. The maximum atomic E-state index is 6.37. The van der Waals surface area contributed by atoms with E-state index < -0.39 is 0 Å². The van der Waals surface area contributed by atoms with Crippen LogP contribution < -0.4 is 5.73 Å². The molecule has 0 radical (unpaired) electrons. The Hall–Kier alpha value is -2.46. The summed E-state index contributed by atoms with van der Waals surface area (Å²) in [6.07, 6.45) is 8.07. The third kappa shape index (κ3) is 3.01. The number of hydrogen-bond donors (Lipinski definition) is 1. The quantitative estimate of drug-likeness (QED) is 0.798. The summed E-state index contributed by atoms with van der Waals surface area (Å²) in [5.41, 5.74) is 10.7. The number of imidazole rings is 1. The Morgan fingerprint density at radius 3 is 2.67 bits per heavy atom. The van der Waals surface area contributed by atoms with Crippen molar-refractivity contribution in [3.8, 4) is 5.69 Å². The molecule has 0 saturated heterocycles. The van der Waals surface area contributed by atoms with Gasteiger partial charge in [-0.1, -0.05) is 30.3 Å². The Bertz CT molecular complexity index is 718. The van der Waals surface area contributed by atoms with Gasteiger partial charge in [-0.3, -0.25) is 4.98 Å². The van der Waals surface area contributed by atoms with Crippen LogP contribution in [0, 0.1) is 6.92 Å². The molecule has 2 N–H and O–H groups in total. The molecule has 1 atom stereocenters. The predicted molar refractivity (Wildman–Crippen MR) is 83.2 cm³/mol. The van der Waals surface area contributed by atoms with Gasteiger partial charge in [-0.15, -0.1) is 0 Å². The van der Waals surface area contributed by atoms with Gasteiger partial charge in [0.15, 0.2) is 0 Å². The first-order valence-corrected chi connectivity index (χ1v) is 6.98. The minimum Gasteiger partial charge on any atom is -0.322 e. The number of aryl methyl sites for hydroxylation is 1. The summed E-state index contributed by atoms with van der Waals surface area (Å²) in [4.78, 5) is 8.48. The second-order valence-corrected chi connectivity index (χ2v) is 5.21. The normalized spacial score (nSPS) is 12.3. The van der Waals surface area contributed by atoms with Crippen molar-refractivity contribution in [3.63, 3.8) is 0 Å². The Kier molecular flexibility index (Phi) is 3.79. The van der Waals surface area contributed by atoms with Crippen molar-refractivity contribution in [1.29, 1.82) is 0 Å². The number of nitrogens with two attached hydrogens (primary N) is 1. The first-order chi connectivity index (χ1) is 10.2. The van der Waals surface area contributed by atoms with Gasteiger partial charge in [0.25, 0.3) is 0 Å². The van der Waals surface area contributed by atoms with Crippen LogP contribution in [0.2, 0.25) is 0 Å². The van der Waals surface area contributed by atoms with Crippen LogP contribution in [-0.4, -0.2) is 14.5 Å². The Balaban J connectivity index is 1.88. The molecule has 0 aliphatic rings. The zero-order valence-electron chi connectivity index (χ0n) is 12.0. The van der Waals surface area contributed by atoms with Crippen LogP contribution in [0.1, 0.15) is 22.9 Å². The highest BCUT2D eigenvalue weighted by Gasteiger charge is 2.13. The molecule has 4 heteroatoms. The van der Waals surface area contributed by atoms with Crippen LogP contribution in [0.25, 0.3) is 5.69 Å². The molecule has 0 unspecified atom stereocenters. The lowest BCUT2D eigenvalue weighted by atomic mass is 10.0. The van der Waals surface area contributed by atoms with Crippen LogP contribution >= 0.6 is 0 Å². The molecule has 3 aromatic rings. The molecular formula is C17H18N4. The first-order valence-electron chi connectivity index (χ1n) is 6.98. The van der Waals surface area contributed by atoms with Crippen LogP contribution in [0.5, 0.6) is 0 Å².